The van der Waals surface area contributed by atoms with Gasteiger partial charge in [-0.3, -0.25) is 0 Å². The van der Waals surface area contributed by atoms with E-state index in [0.717, 1.165) is 0 Å². The van der Waals surface area contributed by atoms with Crippen LogP contribution >= 0.6 is 0 Å². The summed E-state index contributed by atoms with van der Waals surface area (Å²) in [5.74, 6) is 0. The zero-order valence-corrected chi connectivity index (χ0v) is 8.35. The second-order valence-electron chi connectivity index (χ2n) is 3.53. The minimum absolute atomic E-state index is 0.0261. The molecule has 0 radical (unpaired) electrons. The van der Waals surface area contributed by atoms with E-state index in [0.29, 0.717) is 19.8 Å². The van der Waals surface area contributed by atoms with Crippen molar-refractivity contribution in [1.29, 1.82) is 0 Å². The molecule has 0 aromatic rings. The highest BCUT2D eigenvalue weighted by Crippen LogP contribution is 2.29. The van der Waals surface area contributed by atoms with E-state index < -0.39 is 0 Å². The van der Waals surface area contributed by atoms with Crippen LogP contribution in [0.15, 0.2) is 12.7 Å². The first kappa shape index (κ1) is 10.1. The second kappa shape index (κ2) is 4.40. The number of rotatable bonds is 4. The van der Waals surface area contributed by atoms with E-state index in [1.807, 2.05) is 0 Å². The Kier molecular flexibility index (Phi) is 3.18. The molecule has 0 bridgehead atoms. The van der Waals surface area contributed by atoms with Crippen LogP contribution in [0.2, 0.25) is 0 Å². The fraction of sp³-hybridized carbons (Fsp3) is 0.800. The van der Waals surface area contributed by atoms with E-state index in [1.54, 1.807) is 13.2 Å². The molecule has 0 amide bonds. The van der Waals surface area contributed by atoms with E-state index in [1.165, 1.54) is 0 Å². The molecule has 4 heteroatoms. The standard InChI is InChI=1S/C10H16O4/c1-3-4-12-8-6-14-9-7(11-2)5-13-10(8)9/h3,7-10H,1,4-6H2,2H3/t7-,8-,9-,10-/m1/s1. The third-order valence-corrected chi connectivity index (χ3v) is 2.69. The molecule has 0 saturated carbocycles. The van der Waals surface area contributed by atoms with Crippen molar-refractivity contribution >= 4 is 0 Å². The Hall–Kier alpha value is -0.420. The largest absolute Gasteiger partial charge is 0.376 e. The molecule has 2 rings (SSSR count). The van der Waals surface area contributed by atoms with Crippen molar-refractivity contribution in [3.8, 4) is 0 Å². The van der Waals surface area contributed by atoms with Gasteiger partial charge in [-0.2, -0.15) is 0 Å². The van der Waals surface area contributed by atoms with Crippen molar-refractivity contribution in [3.63, 3.8) is 0 Å². The van der Waals surface area contributed by atoms with Crippen molar-refractivity contribution in [1.82, 2.24) is 0 Å². The van der Waals surface area contributed by atoms with Gasteiger partial charge in [0.1, 0.15) is 24.4 Å². The van der Waals surface area contributed by atoms with E-state index >= 15 is 0 Å². The maximum Gasteiger partial charge on any atom is 0.115 e. The molecule has 80 valence electrons. The molecule has 0 spiro atoms. The van der Waals surface area contributed by atoms with Gasteiger partial charge in [0.25, 0.3) is 0 Å². The third-order valence-electron chi connectivity index (χ3n) is 2.69. The van der Waals surface area contributed by atoms with E-state index in [4.69, 9.17) is 18.9 Å². The molecular weight excluding hydrogens is 184 g/mol. The first-order valence-corrected chi connectivity index (χ1v) is 4.85. The van der Waals surface area contributed by atoms with Crippen LogP contribution < -0.4 is 0 Å². The van der Waals surface area contributed by atoms with Gasteiger partial charge < -0.3 is 18.9 Å². The van der Waals surface area contributed by atoms with Crippen molar-refractivity contribution in [2.75, 3.05) is 26.9 Å². The van der Waals surface area contributed by atoms with Gasteiger partial charge in [0.15, 0.2) is 0 Å². The molecule has 4 nitrogen and oxygen atoms in total. The molecule has 2 saturated heterocycles. The lowest BCUT2D eigenvalue weighted by atomic mass is 10.1. The lowest BCUT2D eigenvalue weighted by Crippen LogP contribution is -2.33. The van der Waals surface area contributed by atoms with Gasteiger partial charge in [-0.1, -0.05) is 6.08 Å². The molecule has 0 aliphatic carbocycles. The van der Waals surface area contributed by atoms with Crippen LogP contribution in [0.5, 0.6) is 0 Å². The summed E-state index contributed by atoms with van der Waals surface area (Å²) < 4.78 is 21.9. The Balaban J connectivity index is 1.90. The highest BCUT2D eigenvalue weighted by molar-refractivity contribution is 4.95. The smallest absolute Gasteiger partial charge is 0.115 e. The molecule has 0 N–H and O–H groups in total. The summed E-state index contributed by atoms with van der Waals surface area (Å²) in [6.07, 6.45) is 1.88. The lowest BCUT2D eigenvalue weighted by Gasteiger charge is -2.15. The number of ether oxygens (including phenoxy) is 4. The molecular formula is C10H16O4. The molecule has 0 aromatic heterocycles. The summed E-state index contributed by atoms with van der Waals surface area (Å²) in [4.78, 5) is 0. The van der Waals surface area contributed by atoms with Gasteiger partial charge in [0, 0.05) is 7.11 Å². The first-order chi connectivity index (χ1) is 6.86. The summed E-state index contributed by atoms with van der Waals surface area (Å²) in [5, 5.41) is 0. The highest BCUT2D eigenvalue weighted by Gasteiger charge is 2.48. The van der Waals surface area contributed by atoms with E-state index in [2.05, 4.69) is 6.58 Å². The van der Waals surface area contributed by atoms with Crippen LogP contribution in [-0.4, -0.2) is 51.3 Å². The predicted octanol–water partition coefficient (Wildman–Crippen LogP) is 0.370. The van der Waals surface area contributed by atoms with Gasteiger partial charge in [0.2, 0.25) is 0 Å². The Labute approximate surface area is 83.8 Å². The summed E-state index contributed by atoms with van der Waals surface area (Å²) in [6.45, 7) is 5.33. The highest BCUT2D eigenvalue weighted by atomic mass is 16.6. The average molecular weight is 200 g/mol. The number of fused-ring (bicyclic) bond motifs is 1. The van der Waals surface area contributed by atoms with Crippen molar-refractivity contribution in [2.24, 2.45) is 0 Å². The van der Waals surface area contributed by atoms with Crippen molar-refractivity contribution in [3.05, 3.63) is 12.7 Å². The average Bonchev–Trinajstić information content (AvgIpc) is 2.75. The van der Waals surface area contributed by atoms with Gasteiger partial charge in [-0.25, -0.2) is 0 Å². The van der Waals surface area contributed by atoms with Crippen molar-refractivity contribution in [2.45, 2.75) is 24.4 Å². The number of methoxy groups -OCH3 is 1. The summed E-state index contributed by atoms with van der Waals surface area (Å²) >= 11 is 0. The number of hydrogen-bond donors (Lipinski definition) is 0. The Bertz CT molecular complexity index is 206. The zero-order chi connectivity index (χ0) is 9.97. The zero-order valence-electron chi connectivity index (χ0n) is 8.35. The molecule has 2 aliphatic rings. The molecule has 2 fully saturated rings. The fourth-order valence-corrected chi connectivity index (χ4v) is 1.97. The summed E-state index contributed by atoms with van der Waals surface area (Å²) in [7, 11) is 1.68. The Morgan fingerprint density at radius 2 is 1.93 bits per heavy atom. The van der Waals surface area contributed by atoms with Crippen LogP contribution in [-0.2, 0) is 18.9 Å². The predicted molar refractivity (Wildman–Crippen MR) is 50.2 cm³/mol. The van der Waals surface area contributed by atoms with Crippen LogP contribution in [0.1, 0.15) is 0 Å². The first-order valence-electron chi connectivity index (χ1n) is 4.85. The quantitative estimate of drug-likeness (QED) is 0.614. The maximum absolute atomic E-state index is 5.58. The SMILES string of the molecule is C=CCO[C@@H]1CO[C@H]2[C@@H]1OC[C@H]2OC. The number of hydrogen-bond acceptors (Lipinski definition) is 4. The van der Waals surface area contributed by atoms with Crippen molar-refractivity contribution < 1.29 is 18.9 Å². The molecule has 0 unspecified atom stereocenters. The maximum atomic E-state index is 5.58. The molecule has 4 atom stereocenters. The summed E-state index contributed by atoms with van der Waals surface area (Å²) in [6, 6.07) is 0. The van der Waals surface area contributed by atoms with Gasteiger partial charge in [-0.15, -0.1) is 6.58 Å². The molecule has 2 heterocycles. The summed E-state index contributed by atoms with van der Waals surface area (Å²) in [5.41, 5.74) is 0. The molecule has 2 aliphatic heterocycles. The third kappa shape index (κ3) is 1.70. The molecule has 14 heavy (non-hydrogen) atoms. The topological polar surface area (TPSA) is 36.9 Å². The Morgan fingerprint density at radius 3 is 2.57 bits per heavy atom. The van der Waals surface area contributed by atoms with E-state index in [-0.39, 0.29) is 24.4 Å². The van der Waals surface area contributed by atoms with Gasteiger partial charge in [0.05, 0.1) is 19.8 Å². The van der Waals surface area contributed by atoms with Gasteiger partial charge in [-0.05, 0) is 0 Å². The van der Waals surface area contributed by atoms with Crippen LogP contribution in [0.4, 0.5) is 0 Å². The van der Waals surface area contributed by atoms with E-state index in [9.17, 15) is 0 Å². The molecule has 0 aromatic carbocycles. The monoisotopic (exact) mass is 200 g/mol. The minimum atomic E-state index is 0.0261. The second-order valence-corrected chi connectivity index (χ2v) is 3.53. The van der Waals surface area contributed by atoms with Gasteiger partial charge >= 0.3 is 0 Å². The minimum Gasteiger partial charge on any atom is -0.376 e. The Morgan fingerprint density at radius 1 is 1.29 bits per heavy atom. The fourth-order valence-electron chi connectivity index (χ4n) is 1.97. The normalized spacial score (nSPS) is 41.2. The van der Waals surface area contributed by atoms with Crippen LogP contribution in [0.3, 0.4) is 0 Å². The van der Waals surface area contributed by atoms with Crippen LogP contribution in [0.25, 0.3) is 0 Å². The lowest BCUT2D eigenvalue weighted by molar-refractivity contribution is -0.0345. The van der Waals surface area contributed by atoms with Crippen LogP contribution in [0, 0.1) is 0 Å².